The normalized spacial score (nSPS) is 11.7. The number of hydrogen-bond acceptors (Lipinski definition) is 1. The lowest BCUT2D eigenvalue weighted by Gasteiger charge is -2.11. The van der Waals surface area contributed by atoms with Crippen molar-refractivity contribution in [3.8, 4) is 0 Å². The van der Waals surface area contributed by atoms with Crippen molar-refractivity contribution in [1.29, 1.82) is 0 Å². The Hall–Kier alpha value is -0.0400. The molecule has 1 heteroatoms. The molecule has 0 heterocycles. The molecule has 0 aromatic heterocycles. The lowest BCUT2D eigenvalue weighted by molar-refractivity contribution is 0.0455. The fourth-order valence-corrected chi connectivity index (χ4v) is 0.475. The number of hydrogen-bond donors (Lipinski definition) is 0. The molecule has 0 saturated carbocycles. The molecule has 0 fully saturated rings. The molecule has 0 rings (SSSR count). The minimum atomic E-state index is 0. The van der Waals surface area contributed by atoms with E-state index in [0.717, 1.165) is 13.0 Å². The standard InChI is InChI=1S/C8H18O.2CH4/c1-5-8(4)9-6-7(2)3;;/h7-8H,5-6H2,1-4H3;2*1H4. The molecule has 1 nitrogen and oxygen atoms in total. The Bertz CT molecular complexity index is 59.9. The van der Waals surface area contributed by atoms with E-state index in [1.165, 1.54) is 0 Å². The Morgan fingerprint density at radius 1 is 1.09 bits per heavy atom. The van der Waals surface area contributed by atoms with Gasteiger partial charge in [0.1, 0.15) is 0 Å². The van der Waals surface area contributed by atoms with Crippen LogP contribution in [0.15, 0.2) is 0 Å². The van der Waals surface area contributed by atoms with Gasteiger partial charge in [0.15, 0.2) is 0 Å². The van der Waals surface area contributed by atoms with Crippen LogP contribution in [0.25, 0.3) is 0 Å². The van der Waals surface area contributed by atoms with Crippen LogP contribution in [0, 0.1) is 5.92 Å². The smallest absolute Gasteiger partial charge is 0.0544 e. The molecule has 11 heavy (non-hydrogen) atoms. The quantitative estimate of drug-likeness (QED) is 0.612. The van der Waals surface area contributed by atoms with Crippen LogP contribution in [0.2, 0.25) is 0 Å². The summed E-state index contributed by atoms with van der Waals surface area (Å²) in [5.74, 6) is 0.666. The van der Waals surface area contributed by atoms with Crippen molar-refractivity contribution >= 4 is 0 Å². The average Bonchev–Trinajstić information content (AvgIpc) is 1.83. The van der Waals surface area contributed by atoms with Crippen LogP contribution in [0.1, 0.15) is 49.0 Å². The first-order valence-electron chi connectivity index (χ1n) is 3.78. The molecule has 0 N–H and O–H groups in total. The summed E-state index contributed by atoms with van der Waals surface area (Å²) in [4.78, 5) is 0. The van der Waals surface area contributed by atoms with Crippen LogP contribution < -0.4 is 0 Å². The second-order valence-electron chi connectivity index (χ2n) is 2.95. The third-order valence-corrected chi connectivity index (χ3v) is 1.29. The fraction of sp³-hybridized carbons (Fsp3) is 1.00. The molecule has 1 atom stereocenters. The van der Waals surface area contributed by atoms with Gasteiger partial charge in [0.05, 0.1) is 6.10 Å². The molecule has 0 aromatic carbocycles. The highest BCUT2D eigenvalue weighted by Gasteiger charge is 1.98. The van der Waals surface area contributed by atoms with Crippen molar-refractivity contribution in [3.05, 3.63) is 0 Å². The molecule has 72 valence electrons. The molecule has 0 amide bonds. The Labute approximate surface area is 73.1 Å². The molecular formula is C10H26O. The summed E-state index contributed by atoms with van der Waals surface area (Å²) < 4.78 is 5.45. The summed E-state index contributed by atoms with van der Waals surface area (Å²) >= 11 is 0. The van der Waals surface area contributed by atoms with Crippen molar-refractivity contribution in [2.24, 2.45) is 5.92 Å². The molecule has 1 unspecified atom stereocenters. The SMILES string of the molecule is C.C.CCC(C)OCC(C)C. The van der Waals surface area contributed by atoms with E-state index >= 15 is 0 Å². The summed E-state index contributed by atoms with van der Waals surface area (Å²) in [6.07, 6.45) is 1.56. The summed E-state index contributed by atoms with van der Waals surface area (Å²) in [6.45, 7) is 9.49. The maximum Gasteiger partial charge on any atom is 0.0544 e. The largest absolute Gasteiger partial charge is 0.378 e. The highest BCUT2D eigenvalue weighted by atomic mass is 16.5. The second-order valence-corrected chi connectivity index (χ2v) is 2.95. The molecule has 0 spiro atoms. The molecule has 0 aromatic rings. The number of rotatable bonds is 4. The zero-order valence-corrected chi connectivity index (χ0v) is 6.98. The maximum absolute atomic E-state index is 5.45. The molecular weight excluding hydrogens is 136 g/mol. The first-order valence-corrected chi connectivity index (χ1v) is 3.78. The molecule has 0 radical (unpaired) electrons. The van der Waals surface area contributed by atoms with Crippen molar-refractivity contribution in [2.45, 2.75) is 55.1 Å². The number of ether oxygens (including phenoxy) is 1. The molecule has 0 aliphatic heterocycles. The summed E-state index contributed by atoms with van der Waals surface area (Å²) in [5, 5.41) is 0. The lowest BCUT2D eigenvalue weighted by Crippen LogP contribution is -2.10. The van der Waals surface area contributed by atoms with Crippen LogP contribution in [0.5, 0.6) is 0 Å². The van der Waals surface area contributed by atoms with Gasteiger partial charge in [0, 0.05) is 6.61 Å². The Kier molecular flexibility index (Phi) is 15.5. The van der Waals surface area contributed by atoms with Crippen molar-refractivity contribution in [3.63, 3.8) is 0 Å². The van der Waals surface area contributed by atoms with E-state index in [1.807, 2.05) is 0 Å². The Morgan fingerprint density at radius 3 is 1.82 bits per heavy atom. The monoisotopic (exact) mass is 162 g/mol. The van der Waals surface area contributed by atoms with E-state index < -0.39 is 0 Å². The van der Waals surface area contributed by atoms with Crippen LogP contribution in [0.4, 0.5) is 0 Å². The molecule has 0 aliphatic carbocycles. The van der Waals surface area contributed by atoms with E-state index in [-0.39, 0.29) is 14.9 Å². The van der Waals surface area contributed by atoms with Crippen molar-refractivity contribution in [1.82, 2.24) is 0 Å². The third kappa shape index (κ3) is 13.0. The third-order valence-electron chi connectivity index (χ3n) is 1.29. The highest BCUT2D eigenvalue weighted by molar-refractivity contribution is 4.46. The van der Waals surface area contributed by atoms with E-state index in [4.69, 9.17) is 4.74 Å². The van der Waals surface area contributed by atoms with E-state index in [9.17, 15) is 0 Å². The topological polar surface area (TPSA) is 9.23 Å². The van der Waals surface area contributed by atoms with E-state index in [1.54, 1.807) is 0 Å². The minimum Gasteiger partial charge on any atom is -0.378 e. The summed E-state index contributed by atoms with van der Waals surface area (Å²) in [6, 6.07) is 0. The summed E-state index contributed by atoms with van der Waals surface area (Å²) in [5.41, 5.74) is 0. The molecule has 0 aliphatic rings. The van der Waals surface area contributed by atoms with Crippen molar-refractivity contribution < 1.29 is 4.74 Å². The van der Waals surface area contributed by atoms with E-state index in [2.05, 4.69) is 27.7 Å². The van der Waals surface area contributed by atoms with Gasteiger partial charge in [-0.05, 0) is 19.3 Å². The fourth-order valence-electron chi connectivity index (χ4n) is 0.475. The Balaban J connectivity index is -0.000000320. The predicted octanol–water partition coefficient (Wildman–Crippen LogP) is 3.73. The van der Waals surface area contributed by atoms with Crippen molar-refractivity contribution in [2.75, 3.05) is 6.61 Å². The average molecular weight is 162 g/mol. The van der Waals surface area contributed by atoms with Crippen LogP contribution in [-0.4, -0.2) is 12.7 Å². The van der Waals surface area contributed by atoms with Crippen LogP contribution in [-0.2, 0) is 4.74 Å². The van der Waals surface area contributed by atoms with Gasteiger partial charge in [-0.15, -0.1) is 0 Å². The zero-order valence-electron chi connectivity index (χ0n) is 6.98. The maximum atomic E-state index is 5.45. The zero-order chi connectivity index (χ0) is 7.28. The van der Waals surface area contributed by atoms with Crippen LogP contribution in [0.3, 0.4) is 0 Å². The molecule has 0 bridgehead atoms. The summed E-state index contributed by atoms with van der Waals surface area (Å²) in [7, 11) is 0. The van der Waals surface area contributed by atoms with Gasteiger partial charge in [-0.3, -0.25) is 0 Å². The minimum absolute atomic E-state index is 0. The van der Waals surface area contributed by atoms with Gasteiger partial charge in [-0.2, -0.15) is 0 Å². The lowest BCUT2D eigenvalue weighted by atomic mass is 10.2. The second kappa shape index (κ2) is 9.96. The Morgan fingerprint density at radius 2 is 1.55 bits per heavy atom. The van der Waals surface area contributed by atoms with Gasteiger partial charge in [-0.1, -0.05) is 35.6 Å². The first-order chi connectivity index (χ1) is 4.16. The van der Waals surface area contributed by atoms with Gasteiger partial charge >= 0.3 is 0 Å². The van der Waals surface area contributed by atoms with E-state index in [0.29, 0.717) is 12.0 Å². The predicted molar refractivity (Wildman–Crippen MR) is 54.0 cm³/mol. The first kappa shape index (κ1) is 17.2. The highest BCUT2D eigenvalue weighted by Crippen LogP contribution is 1.99. The van der Waals surface area contributed by atoms with Gasteiger partial charge in [0.2, 0.25) is 0 Å². The van der Waals surface area contributed by atoms with Gasteiger partial charge in [-0.25, -0.2) is 0 Å². The van der Waals surface area contributed by atoms with Gasteiger partial charge < -0.3 is 4.74 Å². The molecule has 0 saturated heterocycles. The van der Waals surface area contributed by atoms with Crippen LogP contribution >= 0.6 is 0 Å². The van der Waals surface area contributed by atoms with Gasteiger partial charge in [0.25, 0.3) is 0 Å².